The minimum atomic E-state index is -0.0129. The Bertz CT molecular complexity index is 338. The van der Waals surface area contributed by atoms with Crippen molar-refractivity contribution in [1.29, 1.82) is 0 Å². The fraction of sp³-hybridized carbons (Fsp3) is 0.941. The highest BCUT2D eigenvalue weighted by molar-refractivity contribution is 5.84. The van der Waals surface area contributed by atoms with E-state index in [9.17, 15) is 4.79 Å². The number of rotatable bonds is 6. The molecule has 2 rings (SSSR count). The number of hydrogen-bond donors (Lipinski definition) is 1. The quantitative estimate of drug-likeness (QED) is 0.819. The van der Waals surface area contributed by atoms with Crippen LogP contribution in [0, 0.1) is 11.8 Å². The molecule has 0 spiro atoms. The van der Waals surface area contributed by atoms with Crippen LogP contribution in [0.3, 0.4) is 0 Å². The van der Waals surface area contributed by atoms with Gasteiger partial charge in [-0.1, -0.05) is 27.7 Å². The average Bonchev–Trinajstić information content (AvgIpc) is 2.74. The molecule has 2 aliphatic rings. The van der Waals surface area contributed by atoms with Gasteiger partial charge in [-0.25, -0.2) is 0 Å². The summed E-state index contributed by atoms with van der Waals surface area (Å²) >= 11 is 0. The number of carbonyl (C=O) groups is 1. The first-order valence-corrected chi connectivity index (χ1v) is 8.67. The lowest BCUT2D eigenvalue weighted by Gasteiger charge is -2.29. The van der Waals surface area contributed by atoms with E-state index in [4.69, 9.17) is 4.74 Å². The van der Waals surface area contributed by atoms with Crippen LogP contribution in [0.5, 0.6) is 0 Å². The number of amides is 1. The molecule has 1 N–H and O–H groups in total. The van der Waals surface area contributed by atoms with Crippen LogP contribution in [0.15, 0.2) is 0 Å². The van der Waals surface area contributed by atoms with Gasteiger partial charge in [0, 0.05) is 13.2 Å². The summed E-state index contributed by atoms with van der Waals surface area (Å²) in [6, 6.07) is -0.0129. The van der Waals surface area contributed by atoms with Crippen molar-refractivity contribution in [2.45, 2.75) is 78.1 Å². The molecule has 0 bridgehead atoms. The van der Waals surface area contributed by atoms with E-state index in [-0.39, 0.29) is 18.1 Å². The molecule has 4 nitrogen and oxygen atoms in total. The summed E-state index contributed by atoms with van der Waals surface area (Å²) in [6.07, 6.45) is 6.16. The maximum atomic E-state index is 12.6. The van der Waals surface area contributed by atoms with Gasteiger partial charge in [-0.3, -0.25) is 10.1 Å². The van der Waals surface area contributed by atoms with Crippen molar-refractivity contribution >= 4 is 5.91 Å². The second-order valence-electron chi connectivity index (χ2n) is 7.34. The van der Waals surface area contributed by atoms with Crippen LogP contribution >= 0.6 is 0 Å². The molecular weight excluding hydrogens is 264 g/mol. The van der Waals surface area contributed by atoms with Crippen molar-refractivity contribution in [2.75, 3.05) is 13.2 Å². The number of carbonyl (C=O) groups excluding carboxylic acids is 1. The molecule has 3 atom stereocenters. The van der Waals surface area contributed by atoms with Crippen molar-refractivity contribution in [3.63, 3.8) is 0 Å². The van der Waals surface area contributed by atoms with Gasteiger partial charge in [0.2, 0.25) is 5.91 Å². The van der Waals surface area contributed by atoms with Gasteiger partial charge in [0.15, 0.2) is 0 Å². The van der Waals surface area contributed by atoms with E-state index in [0.29, 0.717) is 17.9 Å². The van der Waals surface area contributed by atoms with E-state index in [2.05, 4.69) is 37.9 Å². The van der Waals surface area contributed by atoms with Gasteiger partial charge < -0.3 is 9.64 Å². The largest absolute Gasteiger partial charge is 0.378 e. The highest BCUT2D eigenvalue weighted by Gasteiger charge is 2.40. The van der Waals surface area contributed by atoms with Gasteiger partial charge in [-0.05, 0) is 43.9 Å². The molecule has 2 heterocycles. The van der Waals surface area contributed by atoms with Crippen LogP contribution in [0.2, 0.25) is 0 Å². The Morgan fingerprint density at radius 3 is 2.62 bits per heavy atom. The topological polar surface area (TPSA) is 41.6 Å². The number of nitrogens with zero attached hydrogens (tertiary/aromatic N) is 1. The Hall–Kier alpha value is -0.610. The molecule has 3 unspecified atom stereocenters. The molecule has 122 valence electrons. The summed E-state index contributed by atoms with van der Waals surface area (Å²) in [6.45, 7) is 10.4. The number of nitrogens with one attached hydrogen (secondary N) is 1. The Kier molecular flexibility index (Phi) is 6.06. The molecule has 0 radical (unpaired) electrons. The molecule has 0 aromatic carbocycles. The van der Waals surface area contributed by atoms with Crippen molar-refractivity contribution in [3.8, 4) is 0 Å². The van der Waals surface area contributed by atoms with E-state index in [1.807, 2.05) is 0 Å². The van der Waals surface area contributed by atoms with Crippen LogP contribution in [0.4, 0.5) is 0 Å². The fourth-order valence-corrected chi connectivity index (χ4v) is 3.40. The normalized spacial score (nSPS) is 30.7. The zero-order valence-corrected chi connectivity index (χ0v) is 14.1. The first-order valence-electron chi connectivity index (χ1n) is 8.67. The lowest BCUT2D eigenvalue weighted by Crippen LogP contribution is -2.40. The standard InChI is InChI=1S/C17H32N2O2/c1-12(2)11-15-18-16(13(3)4)17(20)19(15)9-8-14-7-5-6-10-21-14/h12-16,18H,5-11H2,1-4H3. The van der Waals surface area contributed by atoms with Crippen molar-refractivity contribution < 1.29 is 9.53 Å². The molecule has 2 fully saturated rings. The Morgan fingerprint density at radius 2 is 2.05 bits per heavy atom. The van der Waals surface area contributed by atoms with E-state index in [0.717, 1.165) is 32.4 Å². The summed E-state index contributed by atoms with van der Waals surface area (Å²) in [4.78, 5) is 14.7. The van der Waals surface area contributed by atoms with E-state index >= 15 is 0 Å². The molecule has 0 aromatic rings. The van der Waals surface area contributed by atoms with Crippen molar-refractivity contribution in [1.82, 2.24) is 10.2 Å². The van der Waals surface area contributed by atoms with E-state index in [1.54, 1.807) is 0 Å². The van der Waals surface area contributed by atoms with Gasteiger partial charge >= 0.3 is 0 Å². The van der Waals surface area contributed by atoms with Crippen LogP contribution in [0.25, 0.3) is 0 Å². The van der Waals surface area contributed by atoms with Crippen LogP contribution in [-0.2, 0) is 9.53 Å². The molecule has 0 saturated carbocycles. The minimum absolute atomic E-state index is 0.0129. The average molecular weight is 296 g/mol. The summed E-state index contributed by atoms with van der Waals surface area (Å²) in [7, 11) is 0. The fourth-order valence-electron chi connectivity index (χ4n) is 3.40. The Labute approximate surface area is 129 Å². The number of hydrogen-bond acceptors (Lipinski definition) is 3. The summed E-state index contributed by atoms with van der Waals surface area (Å²) in [5, 5.41) is 3.54. The van der Waals surface area contributed by atoms with Crippen LogP contribution < -0.4 is 5.32 Å². The van der Waals surface area contributed by atoms with Gasteiger partial charge in [0.05, 0.1) is 18.3 Å². The van der Waals surface area contributed by atoms with Crippen LogP contribution in [-0.4, -0.2) is 42.3 Å². The second-order valence-corrected chi connectivity index (χ2v) is 7.34. The molecular formula is C17H32N2O2. The monoisotopic (exact) mass is 296 g/mol. The third-order valence-corrected chi connectivity index (χ3v) is 4.62. The summed E-state index contributed by atoms with van der Waals surface area (Å²) in [5.41, 5.74) is 0. The molecule has 1 amide bonds. The lowest BCUT2D eigenvalue weighted by atomic mass is 10.0. The molecule has 2 aliphatic heterocycles. The molecule has 0 aromatic heterocycles. The predicted molar refractivity (Wildman–Crippen MR) is 84.9 cm³/mol. The van der Waals surface area contributed by atoms with E-state index < -0.39 is 0 Å². The first kappa shape index (κ1) is 16.8. The molecule has 0 aliphatic carbocycles. The minimum Gasteiger partial charge on any atom is -0.378 e. The maximum absolute atomic E-state index is 12.6. The highest BCUT2D eigenvalue weighted by atomic mass is 16.5. The summed E-state index contributed by atoms with van der Waals surface area (Å²) < 4.78 is 5.81. The molecule has 4 heteroatoms. The number of ether oxygens (including phenoxy) is 1. The third kappa shape index (κ3) is 4.43. The zero-order chi connectivity index (χ0) is 15.4. The molecule has 21 heavy (non-hydrogen) atoms. The van der Waals surface area contributed by atoms with Gasteiger partial charge in [-0.15, -0.1) is 0 Å². The summed E-state index contributed by atoms with van der Waals surface area (Å²) in [5.74, 6) is 1.23. The maximum Gasteiger partial charge on any atom is 0.241 e. The van der Waals surface area contributed by atoms with Gasteiger partial charge in [0.1, 0.15) is 0 Å². The SMILES string of the molecule is CC(C)CC1NC(C(C)C)C(=O)N1CCC1CCCCO1. The van der Waals surface area contributed by atoms with Crippen molar-refractivity contribution in [3.05, 3.63) is 0 Å². The van der Waals surface area contributed by atoms with Gasteiger partial charge in [-0.2, -0.15) is 0 Å². The predicted octanol–water partition coefficient (Wildman–Crippen LogP) is 2.77. The first-order chi connectivity index (χ1) is 9.99. The molecule has 2 saturated heterocycles. The Morgan fingerprint density at radius 1 is 1.29 bits per heavy atom. The highest BCUT2D eigenvalue weighted by Crippen LogP contribution is 2.23. The van der Waals surface area contributed by atoms with Crippen LogP contribution in [0.1, 0.15) is 59.8 Å². The second kappa shape index (κ2) is 7.59. The third-order valence-electron chi connectivity index (χ3n) is 4.62. The van der Waals surface area contributed by atoms with Gasteiger partial charge in [0.25, 0.3) is 0 Å². The van der Waals surface area contributed by atoms with E-state index in [1.165, 1.54) is 12.8 Å². The smallest absolute Gasteiger partial charge is 0.241 e. The Balaban J connectivity index is 1.93. The lowest BCUT2D eigenvalue weighted by molar-refractivity contribution is -0.131. The zero-order valence-electron chi connectivity index (χ0n) is 14.1. The van der Waals surface area contributed by atoms with Crippen molar-refractivity contribution in [2.24, 2.45) is 11.8 Å².